The normalized spacial score (nSPS) is 29.1. The first kappa shape index (κ1) is 14.2. The Labute approximate surface area is 124 Å². The molecule has 0 aliphatic carbocycles. The molecule has 1 aliphatic rings. The van der Waals surface area contributed by atoms with Crippen molar-refractivity contribution in [1.82, 2.24) is 19.5 Å². The average Bonchev–Trinajstić information content (AvgIpc) is 3.01. The summed E-state index contributed by atoms with van der Waals surface area (Å²) in [7, 11) is 0. The molecule has 0 aromatic carbocycles. The van der Waals surface area contributed by atoms with Crippen molar-refractivity contribution in [3.8, 4) is 0 Å². The molecule has 112 valence electrons. The number of aliphatic hydroxyl groups is 3. The van der Waals surface area contributed by atoms with E-state index in [0.29, 0.717) is 16.9 Å². The van der Waals surface area contributed by atoms with E-state index in [1.54, 1.807) is 0 Å². The number of ether oxygens (including phenoxy) is 1. The molecule has 2 aromatic rings. The molecule has 0 saturated carbocycles. The van der Waals surface area contributed by atoms with Crippen molar-refractivity contribution in [2.24, 2.45) is 5.73 Å². The molecule has 2 aromatic heterocycles. The third-order valence-electron chi connectivity index (χ3n) is 3.38. The molecule has 0 unspecified atom stereocenters. The van der Waals surface area contributed by atoms with Crippen molar-refractivity contribution in [3.05, 3.63) is 18.3 Å². The van der Waals surface area contributed by atoms with Gasteiger partial charge in [0.1, 0.15) is 40.8 Å². The lowest BCUT2D eigenvalue weighted by atomic mass is 10.1. The number of hydrogen-bond acceptors (Lipinski definition) is 8. The molecule has 4 atom stereocenters. The van der Waals surface area contributed by atoms with E-state index in [2.05, 4.69) is 15.0 Å². The van der Waals surface area contributed by atoms with Crippen LogP contribution in [0.3, 0.4) is 0 Å². The lowest BCUT2D eigenvalue weighted by Crippen LogP contribution is -2.33. The first-order chi connectivity index (χ1) is 10.0. The van der Waals surface area contributed by atoms with Crippen LogP contribution in [0.25, 0.3) is 11.2 Å². The van der Waals surface area contributed by atoms with Crippen molar-refractivity contribution in [3.63, 3.8) is 0 Å². The Morgan fingerprint density at radius 2 is 2.10 bits per heavy atom. The number of imidazole rings is 1. The Morgan fingerprint density at radius 1 is 1.33 bits per heavy atom. The van der Waals surface area contributed by atoms with Crippen LogP contribution < -0.4 is 5.73 Å². The molecule has 5 N–H and O–H groups in total. The monoisotopic (exact) mass is 311 g/mol. The first-order valence-electron chi connectivity index (χ1n) is 6.14. The van der Waals surface area contributed by atoms with Gasteiger partial charge in [0.15, 0.2) is 11.9 Å². The standard InChI is InChI=1S/C11H13N5O4S/c12-9(21)5-6-10(14-2-13-5)16(3-15-6)11-8(19)7(18)4(1-17)20-11/h2-4,7-8,11,17-19H,1H2,(H2,12,21)/t4-,7+,8-,11-/m0/s1. The third kappa shape index (κ3) is 2.17. The van der Waals surface area contributed by atoms with Gasteiger partial charge >= 0.3 is 0 Å². The molecule has 3 heterocycles. The summed E-state index contributed by atoms with van der Waals surface area (Å²) in [6.07, 6.45) is -1.55. The molecular weight excluding hydrogens is 298 g/mol. The molecule has 21 heavy (non-hydrogen) atoms. The van der Waals surface area contributed by atoms with Crippen LogP contribution in [0.15, 0.2) is 12.7 Å². The predicted molar refractivity (Wildman–Crippen MR) is 74.2 cm³/mol. The summed E-state index contributed by atoms with van der Waals surface area (Å²) in [4.78, 5) is 12.3. The summed E-state index contributed by atoms with van der Waals surface area (Å²) in [6.45, 7) is -0.408. The van der Waals surface area contributed by atoms with E-state index in [9.17, 15) is 10.2 Å². The molecule has 0 spiro atoms. The number of nitrogens with zero attached hydrogens (tertiary/aromatic N) is 4. The van der Waals surface area contributed by atoms with Crippen molar-refractivity contribution < 1.29 is 20.1 Å². The van der Waals surface area contributed by atoms with Gasteiger partial charge in [-0.25, -0.2) is 15.0 Å². The molecule has 1 saturated heterocycles. The molecule has 0 radical (unpaired) electrons. The van der Waals surface area contributed by atoms with Crippen LogP contribution in [-0.2, 0) is 4.74 Å². The second kappa shape index (κ2) is 5.24. The van der Waals surface area contributed by atoms with Gasteiger partial charge in [0, 0.05) is 0 Å². The van der Waals surface area contributed by atoms with Gasteiger partial charge in [-0.05, 0) is 0 Å². The zero-order valence-corrected chi connectivity index (χ0v) is 11.5. The van der Waals surface area contributed by atoms with E-state index in [1.165, 1.54) is 17.2 Å². The number of hydrogen-bond donors (Lipinski definition) is 4. The molecule has 1 aliphatic heterocycles. The van der Waals surface area contributed by atoms with E-state index >= 15 is 0 Å². The summed E-state index contributed by atoms with van der Waals surface area (Å²) < 4.78 is 6.88. The van der Waals surface area contributed by atoms with Gasteiger partial charge in [-0.15, -0.1) is 0 Å². The molecule has 10 heteroatoms. The maximum Gasteiger partial charge on any atom is 0.166 e. The van der Waals surface area contributed by atoms with Gasteiger partial charge in [-0.1, -0.05) is 12.2 Å². The Balaban J connectivity index is 2.06. The SMILES string of the molecule is NC(=S)c1ncnc2c1ncn2[C@H]1O[C@@H](CO)[C@@H](O)[C@@H]1O. The molecule has 9 nitrogen and oxygen atoms in total. The highest BCUT2D eigenvalue weighted by Gasteiger charge is 2.44. The second-order valence-corrected chi connectivity index (χ2v) is 5.08. The quantitative estimate of drug-likeness (QED) is 0.477. The largest absolute Gasteiger partial charge is 0.394 e. The predicted octanol–water partition coefficient (Wildman–Crippen LogP) is -1.93. The van der Waals surface area contributed by atoms with Crippen molar-refractivity contribution in [2.75, 3.05) is 6.61 Å². The highest BCUT2D eigenvalue weighted by atomic mass is 32.1. The fraction of sp³-hybridized carbons (Fsp3) is 0.455. The van der Waals surface area contributed by atoms with Gasteiger partial charge in [-0.2, -0.15) is 0 Å². The lowest BCUT2D eigenvalue weighted by Gasteiger charge is -2.16. The highest BCUT2D eigenvalue weighted by Crippen LogP contribution is 2.31. The van der Waals surface area contributed by atoms with Crippen molar-refractivity contribution >= 4 is 28.4 Å². The molecule has 0 bridgehead atoms. The lowest BCUT2D eigenvalue weighted by molar-refractivity contribution is -0.0511. The fourth-order valence-corrected chi connectivity index (χ4v) is 2.48. The summed E-state index contributed by atoms with van der Waals surface area (Å²) in [6, 6.07) is 0. The van der Waals surface area contributed by atoms with Gasteiger partial charge in [0.05, 0.1) is 12.9 Å². The van der Waals surface area contributed by atoms with Crippen LogP contribution in [0.2, 0.25) is 0 Å². The van der Waals surface area contributed by atoms with Gasteiger partial charge in [0.2, 0.25) is 0 Å². The molecule has 1 fully saturated rings. The Hall–Kier alpha value is -1.72. The summed E-state index contributed by atoms with van der Waals surface area (Å²) >= 11 is 4.90. The number of rotatable bonds is 3. The highest BCUT2D eigenvalue weighted by molar-refractivity contribution is 7.80. The van der Waals surface area contributed by atoms with Crippen LogP contribution >= 0.6 is 12.2 Å². The van der Waals surface area contributed by atoms with E-state index in [0.717, 1.165) is 0 Å². The number of fused-ring (bicyclic) bond motifs is 1. The maximum atomic E-state index is 10.0. The van der Waals surface area contributed by atoms with E-state index in [4.69, 9.17) is 27.8 Å². The number of thiocarbonyl (C=S) groups is 1. The van der Waals surface area contributed by atoms with Crippen molar-refractivity contribution in [2.45, 2.75) is 24.5 Å². The summed E-state index contributed by atoms with van der Waals surface area (Å²) in [5, 5.41) is 29.0. The third-order valence-corrected chi connectivity index (χ3v) is 3.58. The zero-order valence-electron chi connectivity index (χ0n) is 10.7. The number of aliphatic hydroxyl groups excluding tert-OH is 3. The van der Waals surface area contributed by atoms with Gasteiger partial charge < -0.3 is 25.8 Å². The molecular formula is C11H13N5O4S. The smallest absolute Gasteiger partial charge is 0.166 e. The number of aromatic nitrogens is 4. The Morgan fingerprint density at radius 3 is 2.71 bits per heavy atom. The average molecular weight is 311 g/mol. The van der Waals surface area contributed by atoms with Crippen LogP contribution in [0.1, 0.15) is 11.9 Å². The minimum absolute atomic E-state index is 0.0776. The first-order valence-corrected chi connectivity index (χ1v) is 6.55. The fourth-order valence-electron chi connectivity index (χ4n) is 2.33. The molecule has 3 rings (SSSR count). The topological polar surface area (TPSA) is 140 Å². The maximum absolute atomic E-state index is 10.0. The zero-order chi connectivity index (χ0) is 15.1. The van der Waals surface area contributed by atoms with Crippen LogP contribution in [0, 0.1) is 0 Å². The van der Waals surface area contributed by atoms with Gasteiger partial charge in [-0.3, -0.25) is 4.57 Å². The minimum atomic E-state index is -1.22. The van der Waals surface area contributed by atoms with Gasteiger partial charge in [0.25, 0.3) is 0 Å². The van der Waals surface area contributed by atoms with Crippen LogP contribution in [0.4, 0.5) is 0 Å². The van der Waals surface area contributed by atoms with Crippen LogP contribution in [-0.4, -0.2) is 64.7 Å². The van der Waals surface area contributed by atoms with Crippen LogP contribution in [0.5, 0.6) is 0 Å². The second-order valence-electron chi connectivity index (χ2n) is 4.64. The van der Waals surface area contributed by atoms with E-state index < -0.39 is 31.1 Å². The Bertz CT molecular complexity index is 692. The van der Waals surface area contributed by atoms with E-state index in [-0.39, 0.29) is 4.99 Å². The minimum Gasteiger partial charge on any atom is -0.394 e. The van der Waals surface area contributed by atoms with E-state index in [1.807, 2.05) is 0 Å². The summed E-state index contributed by atoms with van der Waals surface area (Å²) in [5.74, 6) is 0. The van der Waals surface area contributed by atoms with Crippen molar-refractivity contribution in [1.29, 1.82) is 0 Å². The Kier molecular flexibility index (Phi) is 3.55. The summed E-state index contributed by atoms with van der Waals surface area (Å²) in [5.41, 5.74) is 6.63. The number of nitrogens with two attached hydrogens (primary N) is 1. The molecule has 0 amide bonds.